The number of hydrogen-bond donors (Lipinski definition) is 2. The van der Waals surface area contributed by atoms with Gasteiger partial charge in [0.15, 0.2) is 4.96 Å². The molecule has 0 saturated heterocycles. The van der Waals surface area contributed by atoms with E-state index in [2.05, 4.69) is 10.3 Å². The Hall–Kier alpha value is -1.73. The molecule has 1 aliphatic carbocycles. The molecule has 24 heavy (non-hydrogen) atoms. The van der Waals surface area contributed by atoms with Crippen molar-refractivity contribution in [3.63, 3.8) is 0 Å². The number of aryl methyl sites for hydroxylation is 1. The Balaban J connectivity index is 1.88. The van der Waals surface area contributed by atoms with Crippen molar-refractivity contribution in [2.45, 2.75) is 51.5 Å². The summed E-state index contributed by atoms with van der Waals surface area (Å²) in [5, 5.41) is 12.8. The van der Waals surface area contributed by atoms with Gasteiger partial charge >= 0.3 is 0 Å². The second kappa shape index (κ2) is 6.64. The van der Waals surface area contributed by atoms with Crippen LogP contribution in [0.1, 0.15) is 54.3 Å². The molecule has 2 aromatic rings. The average Bonchev–Trinajstić information content (AvgIpc) is 2.97. The zero-order valence-corrected chi connectivity index (χ0v) is 14.9. The molecule has 0 bridgehead atoms. The standard InChI is InChI=1S/C17H23N3O3S/c1-11-9-20-15(23)13(8-18-16(20)24-11)14(22)19-17(2,10-21)12-6-4-3-5-7-12/h8-9,12,21H,3-7,10H2,1-2H3,(H,19,22). The van der Waals surface area contributed by atoms with E-state index >= 15 is 0 Å². The minimum atomic E-state index is -0.714. The number of carbonyl (C=O) groups excluding carboxylic acids is 1. The van der Waals surface area contributed by atoms with Crippen LogP contribution in [-0.2, 0) is 0 Å². The molecule has 3 rings (SSSR count). The highest BCUT2D eigenvalue weighted by Gasteiger charge is 2.36. The van der Waals surface area contributed by atoms with Crippen molar-refractivity contribution in [3.05, 3.63) is 33.2 Å². The largest absolute Gasteiger partial charge is 0.394 e. The van der Waals surface area contributed by atoms with Crippen LogP contribution < -0.4 is 10.9 Å². The molecular formula is C17H23N3O3S. The molecule has 1 unspecified atom stereocenters. The van der Waals surface area contributed by atoms with Crippen LogP contribution in [0, 0.1) is 12.8 Å². The number of fused-ring (bicyclic) bond motifs is 1. The quantitative estimate of drug-likeness (QED) is 0.886. The van der Waals surface area contributed by atoms with Crippen LogP contribution in [0.5, 0.6) is 0 Å². The Morgan fingerprint density at radius 2 is 2.17 bits per heavy atom. The SMILES string of the molecule is Cc1cn2c(=O)c(C(=O)NC(C)(CO)C3CCCCC3)cnc2s1. The van der Waals surface area contributed by atoms with Crippen molar-refractivity contribution in [1.29, 1.82) is 0 Å². The Morgan fingerprint density at radius 3 is 2.83 bits per heavy atom. The van der Waals surface area contributed by atoms with Gasteiger partial charge in [0.05, 0.1) is 12.1 Å². The molecule has 1 atom stereocenters. The van der Waals surface area contributed by atoms with Gasteiger partial charge < -0.3 is 10.4 Å². The number of nitrogens with one attached hydrogen (secondary N) is 1. The fraction of sp³-hybridized carbons (Fsp3) is 0.588. The third kappa shape index (κ3) is 3.10. The summed E-state index contributed by atoms with van der Waals surface area (Å²) in [6.07, 6.45) is 8.42. The topological polar surface area (TPSA) is 83.7 Å². The molecule has 7 heteroatoms. The van der Waals surface area contributed by atoms with Gasteiger partial charge in [-0.1, -0.05) is 19.3 Å². The number of thiazole rings is 1. The molecule has 130 valence electrons. The third-order valence-electron chi connectivity index (χ3n) is 5.00. The summed E-state index contributed by atoms with van der Waals surface area (Å²) in [6, 6.07) is 0. The molecule has 2 aromatic heterocycles. The Bertz CT molecular complexity index is 807. The molecule has 2 N–H and O–H groups in total. The van der Waals surface area contributed by atoms with Crippen LogP contribution in [-0.4, -0.2) is 32.5 Å². The molecule has 0 radical (unpaired) electrons. The van der Waals surface area contributed by atoms with Crippen LogP contribution in [0.15, 0.2) is 17.2 Å². The second-order valence-electron chi connectivity index (χ2n) is 6.84. The fourth-order valence-corrected chi connectivity index (χ4v) is 4.27. The first-order valence-electron chi connectivity index (χ1n) is 8.36. The van der Waals surface area contributed by atoms with Crippen LogP contribution in [0.3, 0.4) is 0 Å². The van der Waals surface area contributed by atoms with E-state index in [4.69, 9.17) is 0 Å². The Kier molecular flexibility index (Phi) is 4.73. The highest BCUT2D eigenvalue weighted by atomic mass is 32.1. The first kappa shape index (κ1) is 17.1. The molecule has 1 saturated carbocycles. The lowest BCUT2D eigenvalue weighted by atomic mass is 9.76. The zero-order chi connectivity index (χ0) is 17.3. The lowest BCUT2D eigenvalue weighted by Crippen LogP contribution is -2.55. The zero-order valence-electron chi connectivity index (χ0n) is 14.0. The predicted molar refractivity (Wildman–Crippen MR) is 93.6 cm³/mol. The van der Waals surface area contributed by atoms with E-state index in [1.807, 2.05) is 13.8 Å². The van der Waals surface area contributed by atoms with Crippen LogP contribution >= 0.6 is 11.3 Å². The minimum Gasteiger partial charge on any atom is -0.394 e. The first-order valence-corrected chi connectivity index (χ1v) is 9.17. The van der Waals surface area contributed by atoms with E-state index in [-0.39, 0.29) is 23.6 Å². The molecular weight excluding hydrogens is 326 g/mol. The Morgan fingerprint density at radius 1 is 1.46 bits per heavy atom. The van der Waals surface area contributed by atoms with Crippen molar-refractivity contribution < 1.29 is 9.90 Å². The number of hydrogen-bond acceptors (Lipinski definition) is 5. The minimum absolute atomic E-state index is 0.0146. The van der Waals surface area contributed by atoms with Gasteiger partial charge in [-0.15, -0.1) is 11.3 Å². The summed E-state index contributed by atoms with van der Waals surface area (Å²) in [5.74, 6) is -0.240. The summed E-state index contributed by atoms with van der Waals surface area (Å²) < 4.78 is 1.41. The van der Waals surface area contributed by atoms with Gasteiger partial charge in [-0.2, -0.15) is 0 Å². The van der Waals surface area contributed by atoms with E-state index in [0.717, 1.165) is 30.6 Å². The summed E-state index contributed by atoms with van der Waals surface area (Å²) in [6.45, 7) is 3.61. The summed E-state index contributed by atoms with van der Waals surface area (Å²) in [7, 11) is 0. The molecule has 1 aliphatic rings. The molecule has 6 nitrogen and oxygen atoms in total. The molecule has 0 aromatic carbocycles. The maximum atomic E-state index is 12.7. The van der Waals surface area contributed by atoms with E-state index < -0.39 is 11.4 Å². The van der Waals surface area contributed by atoms with Crippen molar-refractivity contribution in [1.82, 2.24) is 14.7 Å². The van der Waals surface area contributed by atoms with Crippen LogP contribution in [0.2, 0.25) is 0 Å². The molecule has 0 aliphatic heterocycles. The summed E-state index contributed by atoms with van der Waals surface area (Å²) in [5.41, 5.74) is -1.07. The number of amides is 1. The number of aromatic nitrogens is 2. The highest BCUT2D eigenvalue weighted by Crippen LogP contribution is 2.32. The molecule has 1 amide bonds. The van der Waals surface area contributed by atoms with E-state index in [1.54, 1.807) is 6.20 Å². The number of carbonyl (C=O) groups is 1. The number of aliphatic hydroxyl groups is 1. The first-order chi connectivity index (χ1) is 11.4. The maximum absolute atomic E-state index is 12.7. The van der Waals surface area contributed by atoms with Gasteiger partial charge in [-0.05, 0) is 32.6 Å². The van der Waals surface area contributed by atoms with Gasteiger partial charge in [-0.3, -0.25) is 14.0 Å². The lowest BCUT2D eigenvalue weighted by molar-refractivity contribution is 0.0678. The van der Waals surface area contributed by atoms with Crippen LogP contribution in [0.25, 0.3) is 4.96 Å². The maximum Gasteiger partial charge on any atom is 0.271 e. The van der Waals surface area contributed by atoms with Gasteiger partial charge in [0.2, 0.25) is 0 Å². The highest BCUT2D eigenvalue weighted by molar-refractivity contribution is 7.16. The predicted octanol–water partition coefficient (Wildman–Crippen LogP) is 2.13. The molecule has 0 spiro atoms. The Labute approximate surface area is 144 Å². The van der Waals surface area contributed by atoms with E-state index in [0.29, 0.717) is 4.96 Å². The molecule has 1 fully saturated rings. The van der Waals surface area contributed by atoms with Crippen LogP contribution in [0.4, 0.5) is 0 Å². The average molecular weight is 349 g/mol. The fourth-order valence-electron chi connectivity index (χ4n) is 3.49. The lowest BCUT2D eigenvalue weighted by Gasteiger charge is -2.39. The van der Waals surface area contributed by atoms with Crippen molar-refractivity contribution >= 4 is 22.2 Å². The van der Waals surface area contributed by atoms with Gasteiger partial charge in [-0.25, -0.2) is 4.98 Å². The van der Waals surface area contributed by atoms with Crippen molar-refractivity contribution in [2.75, 3.05) is 6.61 Å². The van der Waals surface area contributed by atoms with Gasteiger partial charge in [0.25, 0.3) is 11.5 Å². The number of nitrogens with zero attached hydrogens (tertiary/aromatic N) is 2. The third-order valence-corrected chi connectivity index (χ3v) is 5.91. The monoisotopic (exact) mass is 349 g/mol. The van der Waals surface area contributed by atoms with Crippen molar-refractivity contribution in [3.8, 4) is 0 Å². The van der Waals surface area contributed by atoms with E-state index in [9.17, 15) is 14.7 Å². The molecule has 2 heterocycles. The van der Waals surface area contributed by atoms with Crippen molar-refractivity contribution in [2.24, 2.45) is 5.92 Å². The summed E-state index contributed by atoms with van der Waals surface area (Å²) in [4.78, 5) is 30.9. The van der Waals surface area contributed by atoms with E-state index in [1.165, 1.54) is 28.4 Å². The second-order valence-corrected chi connectivity index (χ2v) is 8.05. The number of aliphatic hydroxyl groups excluding tert-OH is 1. The van der Waals surface area contributed by atoms with Gasteiger partial charge in [0, 0.05) is 17.3 Å². The summed E-state index contributed by atoms with van der Waals surface area (Å²) >= 11 is 1.41. The smallest absolute Gasteiger partial charge is 0.271 e. The number of rotatable bonds is 4. The normalized spacial score (nSPS) is 18.5. The van der Waals surface area contributed by atoms with Gasteiger partial charge in [0.1, 0.15) is 5.56 Å².